The third-order valence-electron chi connectivity index (χ3n) is 3.20. The quantitative estimate of drug-likeness (QED) is 0.757. The lowest BCUT2D eigenvalue weighted by Gasteiger charge is -2.29. The molecule has 0 spiro atoms. The molecule has 94 valence electrons. The zero-order valence-corrected chi connectivity index (χ0v) is 11.0. The topological polar surface area (TPSA) is 50.4 Å². The lowest BCUT2D eigenvalue weighted by atomic mass is 9.81. The number of amides is 1. The number of ether oxygens (including phenoxy) is 1. The normalized spacial score (nSPS) is 30.2. The maximum Gasteiger partial charge on any atom is 0.407 e. The zero-order valence-electron chi connectivity index (χ0n) is 11.0. The number of carbonyl (C=O) groups excluding carboxylic acids is 1. The van der Waals surface area contributed by atoms with Gasteiger partial charge in [0.2, 0.25) is 0 Å². The Hall–Kier alpha value is -0.770. The summed E-state index contributed by atoms with van der Waals surface area (Å²) in [5.41, 5.74) is -0.290. The SMILES string of the molecule is CC1CNCC1(C)CNC(=O)OC(C)(C)C. The fraction of sp³-hybridized carbons (Fsp3) is 0.917. The molecule has 2 N–H and O–H groups in total. The molecule has 1 heterocycles. The second-order valence-corrected chi connectivity index (χ2v) is 6.04. The van der Waals surface area contributed by atoms with Crippen molar-refractivity contribution in [2.24, 2.45) is 11.3 Å². The Morgan fingerprint density at radius 3 is 2.62 bits per heavy atom. The van der Waals surface area contributed by atoms with Gasteiger partial charge in [-0.05, 0) is 33.2 Å². The molecule has 4 heteroatoms. The van der Waals surface area contributed by atoms with Crippen molar-refractivity contribution in [1.82, 2.24) is 10.6 Å². The minimum Gasteiger partial charge on any atom is -0.444 e. The standard InChI is InChI=1S/C12H24N2O2/c1-9-6-13-7-12(9,5)8-14-10(15)16-11(2,3)4/h9,13H,6-8H2,1-5H3,(H,14,15). The molecular weight excluding hydrogens is 204 g/mol. The van der Waals surface area contributed by atoms with Crippen LogP contribution in [0.25, 0.3) is 0 Å². The second-order valence-electron chi connectivity index (χ2n) is 6.04. The van der Waals surface area contributed by atoms with E-state index in [-0.39, 0.29) is 11.5 Å². The molecule has 16 heavy (non-hydrogen) atoms. The number of hydrogen-bond acceptors (Lipinski definition) is 3. The molecule has 0 aromatic carbocycles. The zero-order chi connectivity index (χ0) is 12.4. The molecule has 2 atom stereocenters. The maximum absolute atomic E-state index is 11.5. The molecule has 0 aromatic heterocycles. The van der Waals surface area contributed by atoms with Crippen LogP contribution in [0.4, 0.5) is 4.79 Å². The first-order valence-corrected chi connectivity index (χ1v) is 5.90. The molecule has 4 nitrogen and oxygen atoms in total. The number of hydrogen-bond donors (Lipinski definition) is 2. The molecule has 1 rings (SSSR count). The van der Waals surface area contributed by atoms with E-state index in [0.717, 1.165) is 13.1 Å². The molecule has 1 aliphatic heterocycles. The van der Waals surface area contributed by atoms with Crippen LogP contribution in [0.5, 0.6) is 0 Å². The van der Waals surface area contributed by atoms with Gasteiger partial charge in [0.1, 0.15) is 5.60 Å². The number of nitrogens with one attached hydrogen (secondary N) is 2. The first-order valence-electron chi connectivity index (χ1n) is 5.90. The summed E-state index contributed by atoms with van der Waals surface area (Å²) in [6, 6.07) is 0. The molecule has 0 saturated carbocycles. The molecule has 2 unspecified atom stereocenters. The Morgan fingerprint density at radius 1 is 1.56 bits per heavy atom. The van der Waals surface area contributed by atoms with E-state index in [1.165, 1.54) is 0 Å². The number of alkyl carbamates (subject to hydrolysis) is 1. The molecule has 1 fully saturated rings. The predicted octanol–water partition coefficient (Wildman–Crippen LogP) is 1.76. The van der Waals surface area contributed by atoms with Gasteiger partial charge in [0, 0.05) is 18.5 Å². The summed E-state index contributed by atoms with van der Waals surface area (Å²) in [5.74, 6) is 0.572. The Morgan fingerprint density at radius 2 is 2.19 bits per heavy atom. The van der Waals surface area contributed by atoms with E-state index >= 15 is 0 Å². The first kappa shape index (κ1) is 13.3. The average Bonchev–Trinajstić information content (AvgIpc) is 2.42. The van der Waals surface area contributed by atoms with Crippen LogP contribution in [0.15, 0.2) is 0 Å². The van der Waals surface area contributed by atoms with Crippen LogP contribution >= 0.6 is 0 Å². The minimum atomic E-state index is -0.426. The van der Waals surface area contributed by atoms with Crippen molar-refractivity contribution in [3.05, 3.63) is 0 Å². The summed E-state index contributed by atoms with van der Waals surface area (Å²) in [6.45, 7) is 12.6. The lowest BCUT2D eigenvalue weighted by molar-refractivity contribution is 0.0498. The number of carbonyl (C=O) groups is 1. The minimum absolute atomic E-state index is 0.136. The van der Waals surface area contributed by atoms with E-state index in [2.05, 4.69) is 24.5 Å². The third-order valence-corrected chi connectivity index (χ3v) is 3.20. The van der Waals surface area contributed by atoms with Gasteiger partial charge < -0.3 is 15.4 Å². The Bertz CT molecular complexity index is 260. The highest BCUT2D eigenvalue weighted by Crippen LogP contribution is 2.29. The predicted molar refractivity (Wildman–Crippen MR) is 64.4 cm³/mol. The Kier molecular flexibility index (Phi) is 3.84. The van der Waals surface area contributed by atoms with Crippen molar-refractivity contribution in [2.45, 2.75) is 40.2 Å². The van der Waals surface area contributed by atoms with Gasteiger partial charge in [-0.2, -0.15) is 0 Å². The van der Waals surface area contributed by atoms with Gasteiger partial charge in [0.05, 0.1) is 0 Å². The van der Waals surface area contributed by atoms with Crippen molar-refractivity contribution < 1.29 is 9.53 Å². The maximum atomic E-state index is 11.5. The summed E-state index contributed by atoms with van der Waals surface area (Å²) >= 11 is 0. The highest BCUT2D eigenvalue weighted by Gasteiger charge is 2.36. The largest absolute Gasteiger partial charge is 0.444 e. The molecule has 1 saturated heterocycles. The van der Waals surface area contributed by atoms with Gasteiger partial charge in [0.15, 0.2) is 0 Å². The van der Waals surface area contributed by atoms with Crippen LogP contribution in [0.2, 0.25) is 0 Å². The van der Waals surface area contributed by atoms with E-state index < -0.39 is 5.60 Å². The van der Waals surface area contributed by atoms with Crippen LogP contribution in [0.3, 0.4) is 0 Å². The van der Waals surface area contributed by atoms with Crippen molar-refractivity contribution in [3.63, 3.8) is 0 Å². The van der Waals surface area contributed by atoms with E-state index in [9.17, 15) is 4.79 Å². The molecule has 0 radical (unpaired) electrons. The fourth-order valence-corrected chi connectivity index (χ4v) is 1.82. The van der Waals surface area contributed by atoms with Crippen molar-refractivity contribution in [1.29, 1.82) is 0 Å². The van der Waals surface area contributed by atoms with Gasteiger partial charge in [-0.15, -0.1) is 0 Å². The molecular formula is C12H24N2O2. The summed E-state index contributed by atoms with van der Waals surface area (Å²) < 4.78 is 5.21. The summed E-state index contributed by atoms with van der Waals surface area (Å²) in [6.07, 6.45) is -0.326. The smallest absolute Gasteiger partial charge is 0.407 e. The van der Waals surface area contributed by atoms with Crippen LogP contribution in [0, 0.1) is 11.3 Å². The Balaban J connectivity index is 2.37. The highest BCUT2D eigenvalue weighted by molar-refractivity contribution is 5.67. The lowest BCUT2D eigenvalue weighted by Crippen LogP contribution is -2.42. The summed E-state index contributed by atoms with van der Waals surface area (Å²) in [7, 11) is 0. The van der Waals surface area contributed by atoms with Crippen LogP contribution in [-0.2, 0) is 4.74 Å². The van der Waals surface area contributed by atoms with Crippen molar-refractivity contribution in [2.75, 3.05) is 19.6 Å². The third kappa shape index (κ3) is 3.67. The second kappa shape index (κ2) is 4.62. The number of rotatable bonds is 2. The highest BCUT2D eigenvalue weighted by atomic mass is 16.6. The van der Waals surface area contributed by atoms with Gasteiger partial charge in [-0.25, -0.2) is 4.79 Å². The molecule has 1 aliphatic rings. The van der Waals surface area contributed by atoms with Crippen LogP contribution in [0.1, 0.15) is 34.6 Å². The average molecular weight is 228 g/mol. The van der Waals surface area contributed by atoms with Gasteiger partial charge in [-0.1, -0.05) is 13.8 Å². The van der Waals surface area contributed by atoms with E-state index in [1.54, 1.807) is 0 Å². The van der Waals surface area contributed by atoms with Crippen LogP contribution in [-0.4, -0.2) is 31.3 Å². The van der Waals surface area contributed by atoms with Gasteiger partial charge >= 0.3 is 6.09 Å². The van der Waals surface area contributed by atoms with Crippen molar-refractivity contribution in [3.8, 4) is 0 Å². The van der Waals surface area contributed by atoms with Crippen molar-refractivity contribution >= 4 is 6.09 Å². The van der Waals surface area contributed by atoms with E-state index in [0.29, 0.717) is 12.5 Å². The summed E-state index contributed by atoms with van der Waals surface area (Å²) in [5, 5.41) is 6.19. The molecule has 0 aromatic rings. The fourth-order valence-electron chi connectivity index (χ4n) is 1.82. The molecule has 1 amide bonds. The molecule has 0 aliphatic carbocycles. The summed E-state index contributed by atoms with van der Waals surface area (Å²) in [4.78, 5) is 11.5. The molecule has 0 bridgehead atoms. The van der Waals surface area contributed by atoms with E-state index in [4.69, 9.17) is 4.74 Å². The van der Waals surface area contributed by atoms with Gasteiger partial charge in [0.25, 0.3) is 0 Å². The monoisotopic (exact) mass is 228 g/mol. The first-order chi connectivity index (χ1) is 7.23. The van der Waals surface area contributed by atoms with Crippen LogP contribution < -0.4 is 10.6 Å². The van der Waals surface area contributed by atoms with E-state index in [1.807, 2.05) is 20.8 Å². The van der Waals surface area contributed by atoms with Gasteiger partial charge in [-0.3, -0.25) is 0 Å². The Labute approximate surface area is 98.1 Å².